The molecule has 0 N–H and O–H groups in total. The number of hydrogen-bond donors (Lipinski definition) is 0. The highest BCUT2D eigenvalue weighted by molar-refractivity contribution is 9.10. The molecule has 0 aromatic carbocycles. The first-order valence-electron chi connectivity index (χ1n) is 3.98. The van der Waals surface area contributed by atoms with Crippen molar-refractivity contribution in [2.75, 3.05) is 0 Å². The molecule has 4 rings (SSSR count). The fourth-order valence-electron chi connectivity index (χ4n) is 2.31. The van der Waals surface area contributed by atoms with Crippen molar-refractivity contribution in [3.63, 3.8) is 0 Å². The van der Waals surface area contributed by atoms with Crippen molar-refractivity contribution in [1.82, 2.24) is 9.55 Å². The van der Waals surface area contributed by atoms with Crippen LogP contribution in [0.4, 0.5) is 0 Å². The monoisotopic (exact) mass is 212 g/mol. The number of nitrogens with zero attached hydrogens (tertiary/aromatic N) is 2. The Balaban J connectivity index is 1.99. The first-order valence-corrected chi connectivity index (χ1v) is 4.78. The van der Waals surface area contributed by atoms with Crippen LogP contribution in [0.15, 0.2) is 17.1 Å². The third-order valence-corrected chi connectivity index (χ3v) is 3.51. The summed E-state index contributed by atoms with van der Waals surface area (Å²) in [6.45, 7) is 0. The van der Waals surface area contributed by atoms with E-state index in [0.717, 1.165) is 10.5 Å². The van der Waals surface area contributed by atoms with Crippen LogP contribution in [0.2, 0.25) is 0 Å². The predicted octanol–water partition coefficient (Wildman–Crippen LogP) is 2.15. The van der Waals surface area contributed by atoms with Gasteiger partial charge in [0.05, 0.1) is 6.33 Å². The minimum atomic E-state index is 0.504. The summed E-state index contributed by atoms with van der Waals surface area (Å²) >= 11 is 3.36. The summed E-state index contributed by atoms with van der Waals surface area (Å²) in [5, 5.41) is 0. The van der Waals surface area contributed by atoms with E-state index in [1.807, 2.05) is 6.33 Å². The topological polar surface area (TPSA) is 17.8 Å². The van der Waals surface area contributed by atoms with Crippen LogP contribution in [0.3, 0.4) is 0 Å². The molecule has 2 nitrogen and oxygen atoms in total. The summed E-state index contributed by atoms with van der Waals surface area (Å²) in [5.74, 6) is 1.04. The van der Waals surface area contributed by atoms with Gasteiger partial charge in [0.2, 0.25) is 0 Å². The second-order valence-corrected chi connectivity index (χ2v) is 4.62. The van der Waals surface area contributed by atoms with Gasteiger partial charge in [0, 0.05) is 11.7 Å². The summed E-state index contributed by atoms with van der Waals surface area (Å²) in [6, 6.07) is 0. The van der Waals surface area contributed by atoms with Gasteiger partial charge >= 0.3 is 0 Å². The lowest BCUT2D eigenvalue weighted by atomic mass is 9.50. The van der Waals surface area contributed by atoms with Crippen LogP contribution in [0.25, 0.3) is 0 Å². The Morgan fingerprint density at radius 1 is 1.55 bits per heavy atom. The minimum absolute atomic E-state index is 0.504. The molecule has 3 saturated carbocycles. The van der Waals surface area contributed by atoms with Crippen LogP contribution < -0.4 is 0 Å². The zero-order chi connectivity index (χ0) is 7.47. The van der Waals surface area contributed by atoms with Gasteiger partial charge in [-0.25, -0.2) is 4.98 Å². The van der Waals surface area contributed by atoms with Gasteiger partial charge in [-0.2, -0.15) is 0 Å². The molecular weight excluding hydrogens is 204 g/mol. The molecule has 1 aromatic heterocycles. The number of rotatable bonds is 1. The molecular formula is C8H9BrN2. The van der Waals surface area contributed by atoms with Gasteiger partial charge in [-0.05, 0) is 41.1 Å². The van der Waals surface area contributed by atoms with Crippen LogP contribution >= 0.6 is 15.9 Å². The Kier molecular flexibility index (Phi) is 0.969. The Morgan fingerprint density at radius 2 is 2.27 bits per heavy atom. The molecule has 3 aliphatic carbocycles. The van der Waals surface area contributed by atoms with E-state index in [4.69, 9.17) is 0 Å². The Hall–Kier alpha value is -0.310. The number of aromatic nitrogens is 2. The Labute approximate surface area is 73.8 Å². The van der Waals surface area contributed by atoms with E-state index in [0.29, 0.717) is 5.54 Å². The van der Waals surface area contributed by atoms with Crippen molar-refractivity contribution in [1.29, 1.82) is 0 Å². The van der Waals surface area contributed by atoms with E-state index < -0.39 is 0 Å². The highest BCUT2D eigenvalue weighted by Gasteiger charge is 2.57. The minimum Gasteiger partial charge on any atom is -0.330 e. The zero-order valence-corrected chi connectivity index (χ0v) is 7.71. The number of halogens is 1. The van der Waals surface area contributed by atoms with Gasteiger partial charge in [0.1, 0.15) is 4.60 Å². The van der Waals surface area contributed by atoms with Crippen molar-refractivity contribution < 1.29 is 0 Å². The molecule has 3 aliphatic rings. The quantitative estimate of drug-likeness (QED) is 0.698. The van der Waals surface area contributed by atoms with Crippen LogP contribution in [0.5, 0.6) is 0 Å². The molecule has 11 heavy (non-hydrogen) atoms. The van der Waals surface area contributed by atoms with E-state index in [1.54, 1.807) is 0 Å². The molecule has 0 saturated heterocycles. The van der Waals surface area contributed by atoms with Gasteiger partial charge < -0.3 is 4.57 Å². The third kappa shape index (κ3) is 0.650. The highest BCUT2D eigenvalue weighted by Crippen LogP contribution is 2.62. The second-order valence-electron chi connectivity index (χ2n) is 3.81. The fraction of sp³-hybridized carbons (Fsp3) is 0.625. The maximum absolute atomic E-state index is 4.17. The average Bonchev–Trinajstić information content (AvgIpc) is 2.06. The van der Waals surface area contributed by atoms with E-state index in [1.165, 1.54) is 19.3 Å². The Bertz CT molecular complexity index is 288. The predicted molar refractivity (Wildman–Crippen MR) is 45.2 cm³/mol. The molecule has 3 heteroatoms. The zero-order valence-electron chi connectivity index (χ0n) is 6.13. The van der Waals surface area contributed by atoms with Crippen LogP contribution in [0, 0.1) is 5.92 Å². The van der Waals surface area contributed by atoms with Gasteiger partial charge in [-0.15, -0.1) is 0 Å². The van der Waals surface area contributed by atoms with Crippen molar-refractivity contribution in [2.24, 2.45) is 5.92 Å². The van der Waals surface area contributed by atoms with Gasteiger partial charge in [-0.3, -0.25) is 0 Å². The lowest BCUT2D eigenvalue weighted by Crippen LogP contribution is -2.58. The van der Waals surface area contributed by atoms with Crippen molar-refractivity contribution in [3.05, 3.63) is 17.1 Å². The summed E-state index contributed by atoms with van der Waals surface area (Å²) in [6.07, 6.45) is 8.19. The van der Waals surface area contributed by atoms with Gasteiger partial charge in [0.25, 0.3) is 0 Å². The van der Waals surface area contributed by atoms with Crippen molar-refractivity contribution in [3.8, 4) is 0 Å². The summed E-state index contributed by atoms with van der Waals surface area (Å²) in [7, 11) is 0. The standard InChI is InChI=1S/C8H9BrN2/c9-7-4-11(5-10-7)8-1-6(2-8)3-8/h4-6H,1-3H2. The normalized spacial score (nSPS) is 39.5. The lowest BCUT2D eigenvalue weighted by Gasteiger charge is -2.62. The Morgan fingerprint density at radius 3 is 2.64 bits per heavy atom. The molecule has 0 unspecified atom stereocenters. The van der Waals surface area contributed by atoms with E-state index in [2.05, 4.69) is 31.7 Å². The maximum atomic E-state index is 4.17. The molecule has 0 spiro atoms. The molecule has 0 aliphatic heterocycles. The van der Waals surface area contributed by atoms with Crippen LogP contribution in [-0.2, 0) is 5.54 Å². The van der Waals surface area contributed by atoms with E-state index >= 15 is 0 Å². The first kappa shape index (κ1) is 6.23. The average molecular weight is 213 g/mol. The van der Waals surface area contributed by atoms with Gasteiger partial charge in [-0.1, -0.05) is 0 Å². The molecule has 2 bridgehead atoms. The molecule has 1 heterocycles. The SMILES string of the molecule is Brc1cn(C23CC(C2)C3)cn1. The molecule has 3 fully saturated rings. The highest BCUT2D eigenvalue weighted by atomic mass is 79.9. The molecule has 1 aromatic rings. The smallest absolute Gasteiger partial charge is 0.124 e. The van der Waals surface area contributed by atoms with Crippen molar-refractivity contribution >= 4 is 15.9 Å². The molecule has 58 valence electrons. The van der Waals surface area contributed by atoms with Crippen LogP contribution in [-0.4, -0.2) is 9.55 Å². The molecule has 0 amide bonds. The summed E-state index contributed by atoms with van der Waals surface area (Å²) in [5.41, 5.74) is 0.504. The molecule has 0 atom stereocenters. The van der Waals surface area contributed by atoms with Crippen molar-refractivity contribution in [2.45, 2.75) is 24.8 Å². The first-order chi connectivity index (χ1) is 5.28. The molecule has 0 radical (unpaired) electrons. The lowest BCUT2D eigenvalue weighted by molar-refractivity contribution is -0.0890. The summed E-state index contributed by atoms with van der Waals surface area (Å²) in [4.78, 5) is 4.17. The second kappa shape index (κ2) is 1.71. The summed E-state index contributed by atoms with van der Waals surface area (Å²) < 4.78 is 3.24. The van der Waals surface area contributed by atoms with Crippen LogP contribution in [0.1, 0.15) is 19.3 Å². The van der Waals surface area contributed by atoms with E-state index in [-0.39, 0.29) is 0 Å². The number of hydrogen-bond acceptors (Lipinski definition) is 1. The maximum Gasteiger partial charge on any atom is 0.124 e. The number of imidazole rings is 1. The largest absolute Gasteiger partial charge is 0.330 e. The van der Waals surface area contributed by atoms with E-state index in [9.17, 15) is 0 Å². The fourth-order valence-corrected chi connectivity index (χ4v) is 2.62. The van der Waals surface area contributed by atoms with Gasteiger partial charge in [0.15, 0.2) is 0 Å². The third-order valence-electron chi connectivity index (χ3n) is 3.10.